The van der Waals surface area contributed by atoms with Crippen molar-refractivity contribution in [3.63, 3.8) is 0 Å². The zero-order valence-corrected chi connectivity index (χ0v) is 12.9. The maximum Gasteiger partial charge on any atom is 0.0576 e. The van der Waals surface area contributed by atoms with Crippen LogP contribution in [0.3, 0.4) is 0 Å². The van der Waals surface area contributed by atoms with Gasteiger partial charge in [0.1, 0.15) is 0 Å². The van der Waals surface area contributed by atoms with Crippen LogP contribution in [-0.4, -0.2) is 43.3 Å². The summed E-state index contributed by atoms with van der Waals surface area (Å²) < 4.78 is 5.70. The van der Waals surface area contributed by atoms with E-state index in [4.69, 9.17) is 10.5 Å². The maximum atomic E-state index is 6.11. The lowest BCUT2D eigenvalue weighted by Crippen LogP contribution is -2.54. The fourth-order valence-electron chi connectivity index (χ4n) is 3.71. The molecule has 1 saturated heterocycles. The molecular formula is C16H32N2O. The van der Waals surface area contributed by atoms with Gasteiger partial charge in [0.2, 0.25) is 0 Å². The quantitative estimate of drug-likeness (QED) is 0.805. The molecule has 0 aromatic rings. The molecule has 0 bridgehead atoms. The minimum absolute atomic E-state index is 0.281. The van der Waals surface area contributed by atoms with Crippen LogP contribution in [0.1, 0.15) is 58.3 Å². The van der Waals surface area contributed by atoms with Gasteiger partial charge in [-0.1, -0.05) is 6.92 Å². The van der Waals surface area contributed by atoms with Crippen molar-refractivity contribution in [2.45, 2.75) is 69.9 Å². The molecule has 2 fully saturated rings. The Morgan fingerprint density at radius 2 is 2.00 bits per heavy atom. The van der Waals surface area contributed by atoms with E-state index in [1.54, 1.807) is 0 Å². The number of hydrogen-bond donors (Lipinski definition) is 1. The van der Waals surface area contributed by atoms with E-state index in [9.17, 15) is 0 Å². The largest absolute Gasteiger partial charge is 0.378 e. The SMILES string of the molecule is CC1CCC(CN)(N(C)CCCC2CCCO2)CC1. The average Bonchev–Trinajstić information content (AvgIpc) is 2.93. The van der Waals surface area contributed by atoms with Gasteiger partial charge in [0, 0.05) is 18.7 Å². The van der Waals surface area contributed by atoms with Crippen LogP contribution in [-0.2, 0) is 4.74 Å². The highest BCUT2D eigenvalue weighted by Crippen LogP contribution is 2.35. The lowest BCUT2D eigenvalue weighted by atomic mass is 9.76. The third-order valence-electron chi connectivity index (χ3n) is 5.44. The lowest BCUT2D eigenvalue weighted by molar-refractivity contribution is 0.0573. The zero-order chi connectivity index (χ0) is 13.7. The Kier molecular flexibility index (Phi) is 5.67. The van der Waals surface area contributed by atoms with Crippen LogP contribution in [0.2, 0.25) is 0 Å². The maximum absolute atomic E-state index is 6.11. The molecule has 0 aromatic heterocycles. The van der Waals surface area contributed by atoms with Crippen molar-refractivity contribution in [2.75, 3.05) is 26.7 Å². The number of likely N-dealkylation sites (N-methyl/N-ethyl adjacent to an activating group) is 1. The molecule has 19 heavy (non-hydrogen) atoms. The average molecular weight is 268 g/mol. The van der Waals surface area contributed by atoms with Gasteiger partial charge in [-0.2, -0.15) is 0 Å². The lowest BCUT2D eigenvalue weighted by Gasteiger charge is -2.45. The van der Waals surface area contributed by atoms with Crippen molar-refractivity contribution in [3.8, 4) is 0 Å². The van der Waals surface area contributed by atoms with E-state index >= 15 is 0 Å². The summed E-state index contributed by atoms with van der Waals surface area (Å²) in [6.07, 6.45) is 10.8. The molecule has 0 spiro atoms. The molecule has 2 rings (SSSR count). The van der Waals surface area contributed by atoms with Crippen LogP contribution >= 0.6 is 0 Å². The predicted molar refractivity (Wildman–Crippen MR) is 80.3 cm³/mol. The van der Waals surface area contributed by atoms with E-state index in [2.05, 4.69) is 18.9 Å². The first-order valence-corrected chi connectivity index (χ1v) is 8.19. The molecule has 112 valence electrons. The zero-order valence-electron chi connectivity index (χ0n) is 12.9. The predicted octanol–water partition coefficient (Wildman–Crippen LogP) is 2.79. The van der Waals surface area contributed by atoms with Crippen molar-refractivity contribution in [1.82, 2.24) is 4.90 Å². The first kappa shape index (κ1) is 15.3. The third kappa shape index (κ3) is 3.93. The Bertz CT molecular complexity index is 255. The standard InChI is InChI=1S/C16H32N2O/c1-14-7-9-16(13-17,10-8-14)18(2)11-3-5-15-6-4-12-19-15/h14-15H,3-13,17H2,1-2H3. The summed E-state index contributed by atoms with van der Waals surface area (Å²) in [6.45, 7) is 5.34. The Balaban J connectivity index is 1.74. The molecule has 0 aromatic carbocycles. The molecule has 0 amide bonds. The Labute approximate surface area is 118 Å². The second-order valence-corrected chi connectivity index (χ2v) is 6.81. The van der Waals surface area contributed by atoms with Crippen LogP contribution in [0, 0.1) is 5.92 Å². The van der Waals surface area contributed by atoms with Gasteiger partial charge in [-0.3, -0.25) is 4.90 Å². The summed E-state index contributed by atoms with van der Waals surface area (Å²) >= 11 is 0. The van der Waals surface area contributed by atoms with E-state index in [0.717, 1.165) is 19.1 Å². The van der Waals surface area contributed by atoms with Gasteiger partial charge in [-0.15, -0.1) is 0 Å². The Hall–Kier alpha value is -0.120. The molecule has 1 unspecified atom stereocenters. The third-order valence-corrected chi connectivity index (χ3v) is 5.44. The molecule has 1 aliphatic carbocycles. The summed E-state index contributed by atoms with van der Waals surface area (Å²) in [6, 6.07) is 0. The molecule has 0 radical (unpaired) electrons. The van der Waals surface area contributed by atoms with Gasteiger partial charge in [-0.05, 0) is 70.9 Å². The smallest absolute Gasteiger partial charge is 0.0576 e. The normalized spacial score (nSPS) is 36.0. The van der Waals surface area contributed by atoms with Crippen LogP contribution in [0.4, 0.5) is 0 Å². The van der Waals surface area contributed by atoms with Gasteiger partial charge < -0.3 is 10.5 Å². The number of hydrogen-bond acceptors (Lipinski definition) is 3. The fraction of sp³-hybridized carbons (Fsp3) is 1.00. The summed E-state index contributed by atoms with van der Waals surface area (Å²) in [7, 11) is 2.28. The van der Waals surface area contributed by atoms with Crippen molar-refractivity contribution >= 4 is 0 Å². The number of ether oxygens (including phenoxy) is 1. The van der Waals surface area contributed by atoms with Crippen LogP contribution in [0.15, 0.2) is 0 Å². The van der Waals surface area contributed by atoms with Crippen molar-refractivity contribution in [1.29, 1.82) is 0 Å². The van der Waals surface area contributed by atoms with E-state index < -0.39 is 0 Å². The van der Waals surface area contributed by atoms with Gasteiger partial charge in [0.05, 0.1) is 6.10 Å². The van der Waals surface area contributed by atoms with Gasteiger partial charge in [0.25, 0.3) is 0 Å². The molecule has 2 aliphatic rings. The molecule has 1 atom stereocenters. The molecule has 1 aliphatic heterocycles. The fourth-order valence-corrected chi connectivity index (χ4v) is 3.71. The van der Waals surface area contributed by atoms with E-state index in [-0.39, 0.29) is 5.54 Å². The molecule has 2 N–H and O–H groups in total. The highest BCUT2D eigenvalue weighted by Gasteiger charge is 2.36. The minimum atomic E-state index is 0.281. The highest BCUT2D eigenvalue weighted by atomic mass is 16.5. The Morgan fingerprint density at radius 1 is 1.26 bits per heavy atom. The summed E-state index contributed by atoms with van der Waals surface area (Å²) in [5, 5.41) is 0. The first-order chi connectivity index (χ1) is 9.16. The molecule has 3 heteroatoms. The molecular weight excluding hydrogens is 236 g/mol. The number of nitrogens with zero attached hydrogens (tertiary/aromatic N) is 1. The van der Waals surface area contributed by atoms with E-state index in [1.165, 1.54) is 57.9 Å². The van der Waals surface area contributed by atoms with Crippen molar-refractivity contribution < 1.29 is 4.74 Å². The van der Waals surface area contributed by atoms with Gasteiger partial charge >= 0.3 is 0 Å². The van der Waals surface area contributed by atoms with Crippen LogP contribution in [0.5, 0.6) is 0 Å². The number of rotatable bonds is 6. The summed E-state index contributed by atoms with van der Waals surface area (Å²) in [4.78, 5) is 2.55. The number of nitrogens with two attached hydrogens (primary N) is 1. The molecule has 1 saturated carbocycles. The van der Waals surface area contributed by atoms with Crippen LogP contribution < -0.4 is 5.73 Å². The molecule has 1 heterocycles. The highest BCUT2D eigenvalue weighted by molar-refractivity contribution is 4.94. The summed E-state index contributed by atoms with van der Waals surface area (Å²) in [5.41, 5.74) is 6.39. The molecule has 3 nitrogen and oxygen atoms in total. The van der Waals surface area contributed by atoms with Gasteiger partial charge in [-0.25, -0.2) is 0 Å². The Morgan fingerprint density at radius 3 is 2.58 bits per heavy atom. The van der Waals surface area contributed by atoms with E-state index in [0.29, 0.717) is 6.10 Å². The van der Waals surface area contributed by atoms with Crippen molar-refractivity contribution in [3.05, 3.63) is 0 Å². The van der Waals surface area contributed by atoms with Gasteiger partial charge in [0.15, 0.2) is 0 Å². The summed E-state index contributed by atoms with van der Waals surface area (Å²) in [5.74, 6) is 0.889. The minimum Gasteiger partial charge on any atom is -0.378 e. The first-order valence-electron chi connectivity index (χ1n) is 8.19. The van der Waals surface area contributed by atoms with Crippen LogP contribution in [0.25, 0.3) is 0 Å². The monoisotopic (exact) mass is 268 g/mol. The second-order valence-electron chi connectivity index (χ2n) is 6.81. The van der Waals surface area contributed by atoms with E-state index in [1.807, 2.05) is 0 Å². The van der Waals surface area contributed by atoms with Crippen molar-refractivity contribution in [2.24, 2.45) is 11.7 Å². The second kappa shape index (κ2) is 7.05. The topological polar surface area (TPSA) is 38.5 Å².